The van der Waals surface area contributed by atoms with Gasteiger partial charge in [-0.15, -0.1) is 0 Å². The zero-order chi connectivity index (χ0) is 52.9. The van der Waals surface area contributed by atoms with Crippen molar-refractivity contribution in [3.8, 4) is 0 Å². The van der Waals surface area contributed by atoms with Crippen molar-refractivity contribution < 1.29 is 0 Å². The lowest BCUT2D eigenvalue weighted by molar-refractivity contribution is 0.0539. The molecule has 3 saturated carbocycles. The summed E-state index contributed by atoms with van der Waals surface area (Å²) in [4.78, 5) is 6.33. The van der Waals surface area contributed by atoms with Crippen LogP contribution in [0.1, 0.15) is 200 Å². The minimum absolute atomic E-state index is 0.167. The Kier molecular flexibility index (Phi) is 15.8. The maximum Gasteiger partial charge on any atom is 0.0542 e. The normalized spacial score (nSPS) is 35.0. The molecule has 2 nitrogen and oxygen atoms in total. The van der Waals surface area contributed by atoms with Gasteiger partial charge in [0.15, 0.2) is 0 Å². The van der Waals surface area contributed by atoms with E-state index in [1.807, 2.05) is 5.57 Å². The number of benzene rings is 2. The lowest BCUT2D eigenvalue weighted by atomic mass is 9.60. The van der Waals surface area contributed by atoms with Gasteiger partial charge in [-0.1, -0.05) is 205 Å². The molecular weight excluding hydrogens is 952 g/mol. The number of halogens is 1. The van der Waals surface area contributed by atoms with E-state index < -0.39 is 0 Å². The second-order valence-electron chi connectivity index (χ2n) is 28.7. The monoisotopic (exact) mass is 1050 g/mol. The van der Waals surface area contributed by atoms with Crippen molar-refractivity contribution in [2.24, 2.45) is 57.7 Å². The summed E-state index contributed by atoms with van der Waals surface area (Å²) >= 11 is 8.05. The van der Waals surface area contributed by atoms with Crippen molar-refractivity contribution >= 4 is 22.7 Å². The average Bonchev–Trinajstić information content (AvgIpc) is 4.21. The van der Waals surface area contributed by atoms with Crippen molar-refractivity contribution in [1.82, 2.24) is 9.80 Å². The molecule has 10 aliphatic rings. The Labute approximate surface area is 473 Å². The molecule has 12 atom stereocenters. The van der Waals surface area contributed by atoms with Gasteiger partial charge in [0.05, 0.1) is 6.04 Å². The summed E-state index contributed by atoms with van der Waals surface area (Å²) < 4.78 is 0. The molecule has 77 heavy (non-hydrogen) atoms. The van der Waals surface area contributed by atoms with Crippen LogP contribution in [0.25, 0.3) is 11.1 Å². The molecule has 0 bridgehead atoms. The van der Waals surface area contributed by atoms with Crippen LogP contribution >= 0.6 is 11.6 Å². The van der Waals surface area contributed by atoms with Crippen molar-refractivity contribution in [3.05, 3.63) is 166 Å². The molecule has 0 heterocycles. The van der Waals surface area contributed by atoms with E-state index >= 15 is 0 Å². The van der Waals surface area contributed by atoms with Gasteiger partial charge in [-0.2, -0.15) is 0 Å². The van der Waals surface area contributed by atoms with Crippen LogP contribution in [-0.2, 0) is 0 Å². The minimum Gasteiger partial charge on any atom is -0.361 e. The number of fused-ring (bicyclic) bond motifs is 1. The fourth-order valence-electron chi connectivity index (χ4n) is 17.8. The Morgan fingerprint density at radius 1 is 0.610 bits per heavy atom. The second-order valence-corrected chi connectivity index (χ2v) is 29.2. The molecule has 12 rings (SSSR count). The summed E-state index contributed by atoms with van der Waals surface area (Å²) in [6.45, 7) is 15.3. The molecule has 3 heteroatoms. The van der Waals surface area contributed by atoms with E-state index in [1.165, 1.54) is 138 Å². The molecule has 0 amide bonds. The predicted octanol–water partition coefficient (Wildman–Crippen LogP) is 20.0. The first-order valence-corrected chi connectivity index (χ1v) is 32.3. The summed E-state index contributed by atoms with van der Waals surface area (Å²) in [5.41, 5.74) is 13.4. The molecule has 0 aromatic heterocycles. The van der Waals surface area contributed by atoms with Gasteiger partial charge in [0.2, 0.25) is 0 Å². The Morgan fingerprint density at radius 2 is 1.35 bits per heavy atom. The maximum atomic E-state index is 8.05. The summed E-state index contributed by atoms with van der Waals surface area (Å²) in [5, 5.41) is 1.06. The van der Waals surface area contributed by atoms with Gasteiger partial charge < -0.3 is 4.90 Å². The van der Waals surface area contributed by atoms with Crippen LogP contribution in [0.3, 0.4) is 0 Å². The van der Waals surface area contributed by atoms with Gasteiger partial charge in [0, 0.05) is 41.3 Å². The molecule has 10 aliphatic carbocycles. The summed E-state index contributed by atoms with van der Waals surface area (Å²) in [6.07, 6.45) is 58.7. The highest BCUT2D eigenvalue weighted by atomic mass is 35.5. The first kappa shape index (κ1) is 53.8. The van der Waals surface area contributed by atoms with E-state index in [1.54, 1.807) is 16.7 Å². The second kappa shape index (κ2) is 22.6. The molecule has 12 unspecified atom stereocenters. The third-order valence-corrected chi connectivity index (χ3v) is 22.4. The van der Waals surface area contributed by atoms with Crippen LogP contribution in [0.15, 0.2) is 155 Å². The number of allylic oxidation sites excluding steroid dienone is 9. The smallest absolute Gasteiger partial charge is 0.0542 e. The third-order valence-electron chi connectivity index (χ3n) is 22.2. The molecule has 0 spiro atoms. The van der Waals surface area contributed by atoms with Crippen molar-refractivity contribution in [2.75, 3.05) is 0 Å². The lowest BCUT2D eigenvalue weighted by Crippen LogP contribution is -2.57. The number of rotatable bonds is 12. The largest absolute Gasteiger partial charge is 0.361 e. The van der Waals surface area contributed by atoms with E-state index in [9.17, 15) is 0 Å². The van der Waals surface area contributed by atoms with Crippen molar-refractivity contribution in [1.29, 1.82) is 0 Å². The molecule has 3 fully saturated rings. The summed E-state index contributed by atoms with van der Waals surface area (Å²) in [7, 11) is 0. The van der Waals surface area contributed by atoms with E-state index in [0.29, 0.717) is 59.0 Å². The third kappa shape index (κ3) is 11.2. The topological polar surface area (TPSA) is 6.48 Å². The van der Waals surface area contributed by atoms with Crippen LogP contribution in [0.5, 0.6) is 0 Å². The molecular formula is C74H97ClN2. The molecule has 2 aromatic rings. The Bertz CT molecular complexity index is 2700. The fourth-order valence-corrected chi connectivity index (χ4v) is 18.1. The first-order chi connectivity index (χ1) is 37.3. The van der Waals surface area contributed by atoms with Crippen LogP contribution in [0.4, 0.5) is 0 Å². The van der Waals surface area contributed by atoms with Crippen molar-refractivity contribution in [3.63, 3.8) is 0 Å². The average molecular weight is 1050 g/mol. The standard InChI is InChI=1S/C74H97ClN2/c1-72(2,3)59-43-66(55-27-16-9-17-28-55)70(67(44-59)56-29-18-10-19-30-56)76(62-38-34-53(35-39-62)51-23-12-7-13-24-51)64-47-61(75)48-65(49-64)77(63-40-36-54(37-41-63)52-25-14-8-15-26-52)71-68(57-31-20-11-21-32-57)45-60(73(4,5)6)46-69(71)74-42-22-33-58(74)50-74/h7-9,12-16,23-26,29,34-36,38,43,45,48-49,55,57-60,62-64,67,69-71H,10-11,17-22,27-28,30-33,37,39-42,44,46-47,50H2,1-6H3. The minimum atomic E-state index is 0.167. The van der Waals surface area contributed by atoms with Gasteiger partial charge in [0.25, 0.3) is 0 Å². The van der Waals surface area contributed by atoms with Gasteiger partial charge in [0.1, 0.15) is 0 Å². The fraction of sp³-hybridized carbons (Fsp3) is 0.595. The van der Waals surface area contributed by atoms with Crippen LogP contribution < -0.4 is 0 Å². The SMILES string of the molecule is CC(C)(C)C1C=C(C2CC=CCC2)C(N(C2C=CC(c3ccccc3)=CC2)C2C=C(N(C3CC=C(c4ccccc4)CC3)C3C(C4CCCCC4)=CC(C(C)(C)C)CC3C34CCCC3C4)C=C(Cl)C2)C(C2=CCCCC2)C1. The first-order valence-electron chi connectivity index (χ1n) is 31.9. The molecule has 0 radical (unpaired) electrons. The van der Waals surface area contributed by atoms with Gasteiger partial charge in [-0.05, 0) is 213 Å². The predicted molar refractivity (Wildman–Crippen MR) is 328 cm³/mol. The lowest BCUT2D eigenvalue weighted by Gasteiger charge is -2.55. The summed E-state index contributed by atoms with van der Waals surface area (Å²) in [6, 6.07) is 24.1. The Hall–Kier alpha value is -3.85. The zero-order valence-corrected chi connectivity index (χ0v) is 49.3. The highest BCUT2D eigenvalue weighted by Gasteiger charge is 2.65. The number of nitrogens with zero attached hydrogens (tertiary/aromatic N) is 2. The highest BCUT2D eigenvalue weighted by molar-refractivity contribution is 6.29. The molecule has 2 aromatic carbocycles. The van der Waals surface area contributed by atoms with Crippen LogP contribution in [-0.4, -0.2) is 40.0 Å². The van der Waals surface area contributed by atoms with Crippen molar-refractivity contribution in [2.45, 2.75) is 219 Å². The quantitative estimate of drug-likeness (QED) is 0.196. The molecule has 0 saturated heterocycles. The van der Waals surface area contributed by atoms with Gasteiger partial charge in [-0.25, -0.2) is 0 Å². The van der Waals surface area contributed by atoms with E-state index in [0.717, 1.165) is 43.1 Å². The zero-order valence-electron chi connectivity index (χ0n) is 48.6. The molecule has 410 valence electrons. The van der Waals surface area contributed by atoms with E-state index in [4.69, 9.17) is 11.6 Å². The molecule has 0 N–H and O–H groups in total. The number of hydrogen-bond acceptors (Lipinski definition) is 2. The maximum absolute atomic E-state index is 8.05. The Morgan fingerprint density at radius 3 is 1.97 bits per heavy atom. The molecule has 0 aliphatic heterocycles. The van der Waals surface area contributed by atoms with Crippen LogP contribution in [0.2, 0.25) is 0 Å². The summed E-state index contributed by atoms with van der Waals surface area (Å²) in [5.74, 6) is 4.45. The van der Waals surface area contributed by atoms with Crippen LogP contribution in [0, 0.1) is 57.7 Å². The van der Waals surface area contributed by atoms with E-state index in [2.05, 4.69) is 179 Å². The van der Waals surface area contributed by atoms with Gasteiger partial charge >= 0.3 is 0 Å². The number of hydrogen-bond donors (Lipinski definition) is 0. The van der Waals surface area contributed by atoms with Gasteiger partial charge in [-0.3, -0.25) is 4.90 Å². The van der Waals surface area contributed by atoms with E-state index in [-0.39, 0.29) is 22.9 Å². The highest BCUT2D eigenvalue weighted by Crippen LogP contribution is 2.71. The Balaban J connectivity index is 1.04.